The van der Waals surface area contributed by atoms with Crippen LogP contribution in [0.2, 0.25) is 0 Å². The molecule has 1 N–H and O–H groups in total. The molecule has 0 saturated heterocycles. The molecule has 0 aliphatic heterocycles. The van der Waals surface area contributed by atoms with Crippen molar-refractivity contribution in [3.05, 3.63) is 0 Å². The highest BCUT2D eigenvalue weighted by molar-refractivity contribution is 4.76. The van der Waals surface area contributed by atoms with E-state index in [0.717, 1.165) is 12.8 Å². The average Bonchev–Trinajstić information content (AvgIpc) is 2.15. The molecule has 0 aromatic rings. The molecule has 0 saturated carbocycles. The lowest BCUT2D eigenvalue weighted by molar-refractivity contribution is -0.0342. The van der Waals surface area contributed by atoms with Crippen LogP contribution >= 0.6 is 0 Å². The van der Waals surface area contributed by atoms with Crippen molar-refractivity contribution < 1.29 is 14.6 Å². The third kappa shape index (κ3) is 6.88. The molecule has 0 aromatic carbocycles. The second kappa shape index (κ2) is 5.83. The fourth-order valence-corrected chi connectivity index (χ4v) is 1.37. The summed E-state index contributed by atoms with van der Waals surface area (Å²) in [5.41, 5.74) is -0.408. The number of ether oxygens (including phenoxy) is 2. The minimum Gasteiger partial charge on any atom is -0.393 e. The van der Waals surface area contributed by atoms with E-state index in [9.17, 15) is 5.11 Å². The Hall–Kier alpha value is -0.120. The first-order valence-corrected chi connectivity index (χ1v) is 5.51. The zero-order valence-electron chi connectivity index (χ0n) is 11.0. The molecule has 0 amide bonds. The Morgan fingerprint density at radius 1 is 1.00 bits per heavy atom. The lowest BCUT2D eigenvalue weighted by Crippen LogP contribution is -2.31. The van der Waals surface area contributed by atoms with E-state index in [2.05, 4.69) is 0 Å². The molecule has 15 heavy (non-hydrogen) atoms. The predicted octanol–water partition coefficient (Wildman–Crippen LogP) is 2.37. The van der Waals surface area contributed by atoms with Crippen molar-refractivity contribution in [2.24, 2.45) is 0 Å². The van der Waals surface area contributed by atoms with Crippen molar-refractivity contribution in [2.45, 2.75) is 64.3 Å². The molecule has 0 spiro atoms. The number of aliphatic hydroxyl groups is 1. The van der Waals surface area contributed by atoms with E-state index in [0.29, 0.717) is 6.42 Å². The standard InChI is InChI=1S/C12H26O3/c1-11(2,14-5)8-7-10(13)9-12(3,4)15-6/h10,13H,7-9H2,1-6H3. The first-order valence-electron chi connectivity index (χ1n) is 5.51. The molecule has 1 unspecified atom stereocenters. The van der Waals surface area contributed by atoms with Gasteiger partial charge in [-0.05, 0) is 40.5 Å². The fraction of sp³-hybridized carbons (Fsp3) is 1.00. The Morgan fingerprint density at radius 2 is 1.47 bits per heavy atom. The maximum absolute atomic E-state index is 9.84. The van der Waals surface area contributed by atoms with Crippen molar-refractivity contribution in [3.63, 3.8) is 0 Å². The van der Waals surface area contributed by atoms with E-state index in [1.807, 2.05) is 27.7 Å². The van der Waals surface area contributed by atoms with Crippen LogP contribution in [0.1, 0.15) is 47.0 Å². The van der Waals surface area contributed by atoms with Crippen molar-refractivity contribution in [2.75, 3.05) is 14.2 Å². The lowest BCUT2D eigenvalue weighted by atomic mass is 9.93. The third-order valence-corrected chi connectivity index (χ3v) is 2.91. The largest absolute Gasteiger partial charge is 0.393 e. The fourth-order valence-electron chi connectivity index (χ4n) is 1.37. The molecule has 1 atom stereocenters. The van der Waals surface area contributed by atoms with Gasteiger partial charge in [-0.15, -0.1) is 0 Å². The Labute approximate surface area is 93.8 Å². The Bertz CT molecular complexity index is 176. The number of methoxy groups -OCH3 is 2. The van der Waals surface area contributed by atoms with E-state index < -0.39 is 0 Å². The third-order valence-electron chi connectivity index (χ3n) is 2.91. The van der Waals surface area contributed by atoms with Gasteiger partial charge in [-0.2, -0.15) is 0 Å². The number of hydrogen-bond donors (Lipinski definition) is 1. The zero-order chi connectivity index (χ0) is 12.1. The quantitative estimate of drug-likeness (QED) is 0.713. The van der Waals surface area contributed by atoms with Gasteiger partial charge in [0.15, 0.2) is 0 Å². The molecule has 0 aliphatic rings. The summed E-state index contributed by atoms with van der Waals surface area (Å²) in [4.78, 5) is 0. The summed E-state index contributed by atoms with van der Waals surface area (Å²) >= 11 is 0. The molecule has 3 heteroatoms. The van der Waals surface area contributed by atoms with Crippen LogP contribution in [-0.2, 0) is 9.47 Å². The number of hydrogen-bond acceptors (Lipinski definition) is 3. The van der Waals surface area contributed by atoms with Gasteiger partial charge in [0.1, 0.15) is 0 Å². The van der Waals surface area contributed by atoms with E-state index in [1.165, 1.54) is 0 Å². The molecule has 0 aliphatic carbocycles. The Kier molecular flexibility index (Phi) is 5.78. The summed E-state index contributed by atoms with van der Waals surface area (Å²) < 4.78 is 10.6. The van der Waals surface area contributed by atoms with Crippen LogP contribution in [0.4, 0.5) is 0 Å². The summed E-state index contributed by atoms with van der Waals surface area (Å²) in [6.07, 6.45) is 1.93. The van der Waals surface area contributed by atoms with E-state index in [4.69, 9.17) is 9.47 Å². The van der Waals surface area contributed by atoms with Gasteiger partial charge in [-0.3, -0.25) is 0 Å². The smallest absolute Gasteiger partial charge is 0.0647 e. The molecular weight excluding hydrogens is 192 g/mol. The van der Waals surface area contributed by atoms with Gasteiger partial charge in [0, 0.05) is 20.6 Å². The second-order valence-corrected chi connectivity index (χ2v) is 5.32. The SMILES string of the molecule is COC(C)(C)CCC(O)CC(C)(C)OC. The molecule has 0 rings (SSSR count). The molecule has 0 radical (unpaired) electrons. The van der Waals surface area contributed by atoms with Crippen LogP contribution in [0.25, 0.3) is 0 Å². The first kappa shape index (κ1) is 14.9. The Balaban J connectivity index is 3.90. The molecular formula is C12H26O3. The van der Waals surface area contributed by atoms with Crippen molar-refractivity contribution in [3.8, 4) is 0 Å². The lowest BCUT2D eigenvalue weighted by Gasteiger charge is -2.28. The minimum absolute atomic E-state index is 0.155. The highest BCUT2D eigenvalue weighted by Gasteiger charge is 2.24. The van der Waals surface area contributed by atoms with Crippen LogP contribution in [-0.4, -0.2) is 36.6 Å². The van der Waals surface area contributed by atoms with Crippen LogP contribution in [0.5, 0.6) is 0 Å². The van der Waals surface area contributed by atoms with Crippen LogP contribution in [0, 0.1) is 0 Å². The normalized spacial score (nSPS) is 15.4. The predicted molar refractivity (Wildman–Crippen MR) is 62.0 cm³/mol. The molecule has 92 valence electrons. The minimum atomic E-state index is -0.325. The van der Waals surface area contributed by atoms with Crippen molar-refractivity contribution in [1.82, 2.24) is 0 Å². The maximum atomic E-state index is 9.84. The first-order chi connectivity index (χ1) is 6.72. The monoisotopic (exact) mass is 218 g/mol. The van der Waals surface area contributed by atoms with Gasteiger partial charge in [0.25, 0.3) is 0 Å². The molecule has 0 bridgehead atoms. The summed E-state index contributed by atoms with van der Waals surface area (Å²) in [5, 5.41) is 9.84. The van der Waals surface area contributed by atoms with Crippen LogP contribution < -0.4 is 0 Å². The molecule has 0 fully saturated rings. The van der Waals surface area contributed by atoms with E-state index in [-0.39, 0.29) is 17.3 Å². The van der Waals surface area contributed by atoms with E-state index >= 15 is 0 Å². The van der Waals surface area contributed by atoms with Crippen LogP contribution in [0.15, 0.2) is 0 Å². The van der Waals surface area contributed by atoms with Gasteiger partial charge in [-0.25, -0.2) is 0 Å². The molecule has 3 nitrogen and oxygen atoms in total. The van der Waals surface area contributed by atoms with Crippen molar-refractivity contribution >= 4 is 0 Å². The highest BCUT2D eigenvalue weighted by Crippen LogP contribution is 2.22. The van der Waals surface area contributed by atoms with Crippen LogP contribution in [0.3, 0.4) is 0 Å². The number of rotatable bonds is 7. The van der Waals surface area contributed by atoms with E-state index in [1.54, 1.807) is 14.2 Å². The average molecular weight is 218 g/mol. The molecule has 0 aromatic heterocycles. The molecule has 0 heterocycles. The van der Waals surface area contributed by atoms with Gasteiger partial charge >= 0.3 is 0 Å². The summed E-state index contributed by atoms with van der Waals surface area (Å²) in [6, 6.07) is 0. The van der Waals surface area contributed by atoms with Gasteiger partial charge < -0.3 is 14.6 Å². The highest BCUT2D eigenvalue weighted by atomic mass is 16.5. The van der Waals surface area contributed by atoms with Crippen molar-refractivity contribution in [1.29, 1.82) is 0 Å². The van der Waals surface area contributed by atoms with Gasteiger partial charge in [0.05, 0.1) is 17.3 Å². The second-order valence-electron chi connectivity index (χ2n) is 5.32. The zero-order valence-corrected chi connectivity index (χ0v) is 11.0. The summed E-state index contributed by atoms with van der Waals surface area (Å²) in [5.74, 6) is 0. The summed E-state index contributed by atoms with van der Waals surface area (Å²) in [7, 11) is 3.37. The van der Waals surface area contributed by atoms with Gasteiger partial charge in [0.2, 0.25) is 0 Å². The number of aliphatic hydroxyl groups excluding tert-OH is 1. The topological polar surface area (TPSA) is 38.7 Å². The summed E-state index contributed by atoms with van der Waals surface area (Å²) in [6.45, 7) is 8.03. The maximum Gasteiger partial charge on any atom is 0.0647 e. The Morgan fingerprint density at radius 3 is 1.87 bits per heavy atom. The van der Waals surface area contributed by atoms with Gasteiger partial charge in [-0.1, -0.05) is 0 Å².